The zero-order chi connectivity index (χ0) is 19.5. The van der Waals surface area contributed by atoms with Gasteiger partial charge in [0, 0.05) is 6.04 Å². The number of benzene rings is 1. The molecule has 6 heteroatoms. The van der Waals surface area contributed by atoms with E-state index in [4.69, 9.17) is 0 Å². The van der Waals surface area contributed by atoms with Crippen LogP contribution in [-0.2, 0) is 15.1 Å². The van der Waals surface area contributed by atoms with Gasteiger partial charge in [-0.25, -0.2) is 4.79 Å². The summed E-state index contributed by atoms with van der Waals surface area (Å²) >= 11 is 0. The topological polar surface area (TPSA) is 78.5 Å². The number of imide groups is 1. The Balaban J connectivity index is 1.27. The van der Waals surface area contributed by atoms with Crippen molar-refractivity contribution in [2.75, 3.05) is 6.54 Å². The van der Waals surface area contributed by atoms with Crippen LogP contribution in [0.3, 0.4) is 0 Å². The van der Waals surface area contributed by atoms with Gasteiger partial charge in [-0.3, -0.25) is 14.5 Å². The van der Waals surface area contributed by atoms with Crippen LogP contribution in [0.1, 0.15) is 44.6 Å². The molecule has 4 bridgehead atoms. The van der Waals surface area contributed by atoms with Crippen molar-refractivity contribution in [1.82, 2.24) is 15.5 Å². The third-order valence-electron chi connectivity index (χ3n) is 7.48. The maximum Gasteiger partial charge on any atom is 0.325 e. The number of carbonyl (C=O) groups excluding carboxylic acids is 3. The number of nitrogens with one attached hydrogen (secondary N) is 2. The Hall–Kier alpha value is -2.37. The minimum atomic E-state index is -1.12. The second-order valence-electron chi connectivity index (χ2n) is 9.34. The summed E-state index contributed by atoms with van der Waals surface area (Å²) in [6.07, 6.45) is 6.23. The molecule has 148 valence electrons. The van der Waals surface area contributed by atoms with Crippen molar-refractivity contribution in [3.63, 3.8) is 0 Å². The molecule has 0 aromatic heterocycles. The van der Waals surface area contributed by atoms with Gasteiger partial charge in [-0.1, -0.05) is 30.3 Å². The van der Waals surface area contributed by atoms with Crippen LogP contribution in [0.15, 0.2) is 30.3 Å². The van der Waals surface area contributed by atoms with Crippen molar-refractivity contribution in [2.24, 2.45) is 23.7 Å². The fraction of sp³-hybridized carbons (Fsp3) is 0.591. The Kier molecular flexibility index (Phi) is 4.00. The van der Waals surface area contributed by atoms with Crippen molar-refractivity contribution >= 4 is 17.8 Å². The van der Waals surface area contributed by atoms with Gasteiger partial charge in [-0.2, -0.15) is 0 Å². The summed E-state index contributed by atoms with van der Waals surface area (Å²) in [5.41, 5.74) is -0.404. The van der Waals surface area contributed by atoms with E-state index < -0.39 is 11.6 Å². The fourth-order valence-electron chi connectivity index (χ4n) is 6.34. The number of hydrogen-bond donors (Lipinski definition) is 2. The maximum absolute atomic E-state index is 13.0. The molecule has 4 saturated carbocycles. The van der Waals surface area contributed by atoms with Gasteiger partial charge in [-0.05, 0) is 68.3 Å². The van der Waals surface area contributed by atoms with Crippen LogP contribution in [0, 0.1) is 23.7 Å². The van der Waals surface area contributed by atoms with Crippen molar-refractivity contribution in [3.8, 4) is 0 Å². The van der Waals surface area contributed by atoms with Crippen LogP contribution < -0.4 is 10.6 Å². The van der Waals surface area contributed by atoms with E-state index in [0.29, 0.717) is 11.8 Å². The summed E-state index contributed by atoms with van der Waals surface area (Å²) in [7, 11) is 0. The van der Waals surface area contributed by atoms with Gasteiger partial charge in [0.05, 0.1) is 0 Å². The molecule has 0 spiro atoms. The van der Waals surface area contributed by atoms with E-state index >= 15 is 0 Å². The normalized spacial score (nSPS) is 38.6. The number of rotatable bonds is 4. The highest BCUT2D eigenvalue weighted by molar-refractivity contribution is 6.09. The van der Waals surface area contributed by atoms with Crippen LogP contribution in [0.4, 0.5) is 4.79 Å². The van der Waals surface area contributed by atoms with Gasteiger partial charge in [0.25, 0.3) is 5.91 Å². The predicted octanol–water partition coefficient (Wildman–Crippen LogP) is 2.39. The van der Waals surface area contributed by atoms with Crippen LogP contribution in [0.5, 0.6) is 0 Å². The van der Waals surface area contributed by atoms with E-state index in [2.05, 4.69) is 10.6 Å². The fourth-order valence-corrected chi connectivity index (χ4v) is 6.34. The molecule has 1 unspecified atom stereocenters. The van der Waals surface area contributed by atoms with Gasteiger partial charge in [-0.15, -0.1) is 0 Å². The zero-order valence-corrected chi connectivity index (χ0v) is 16.2. The first-order valence-corrected chi connectivity index (χ1v) is 10.4. The maximum atomic E-state index is 13.0. The number of nitrogens with zero attached hydrogens (tertiary/aromatic N) is 1. The summed E-state index contributed by atoms with van der Waals surface area (Å²) in [5.74, 6) is 2.22. The highest BCUT2D eigenvalue weighted by Crippen LogP contribution is 2.53. The highest BCUT2D eigenvalue weighted by atomic mass is 16.2. The molecule has 0 radical (unpaired) electrons. The first kappa shape index (κ1) is 17.7. The Bertz CT molecular complexity index is 796. The molecule has 1 aromatic carbocycles. The predicted molar refractivity (Wildman–Crippen MR) is 103 cm³/mol. The summed E-state index contributed by atoms with van der Waals surface area (Å²) in [5, 5.41) is 5.95. The molecule has 6 nitrogen and oxygen atoms in total. The van der Waals surface area contributed by atoms with Gasteiger partial charge >= 0.3 is 6.03 Å². The number of carbonyl (C=O) groups is 3. The molecule has 1 saturated heterocycles. The molecule has 1 aliphatic heterocycles. The molecule has 2 N–H and O–H groups in total. The molecule has 28 heavy (non-hydrogen) atoms. The summed E-state index contributed by atoms with van der Waals surface area (Å²) < 4.78 is 0. The van der Waals surface area contributed by atoms with E-state index in [1.54, 1.807) is 6.92 Å². The van der Waals surface area contributed by atoms with E-state index in [9.17, 15) is 14.4 Å². The minimum absolute atomic E-state index is 0.210. The summed E-state index contributed by atoms with van der Waals surface area (Å²) in [6.45, 7) is 1.48. The Morgan fingerprint density at radius 3 is 2.29 bits per heavy atom. The third kappa shape index (κ3) is 2.73. The van der Waals surface area contributed by atoms with Gasteiger partial charge < -0.3 is 10.6 Å². The van der Waals surface area contributed by atoms with Gasteiger partial charge in [0.15, 0.2) is 0 Å². The van der Waals surface area contributed by atoms with Gasteiger partial charge in [0.1, 0.15) is 12.1 Å². The van der Waals surface area contributed by atoms with Crippen molar-refractivity contribution in [3.05, 3.63) is 35.9 Å². The summed E-state index contributed by atoms with van der Waals surface area (Å²) in [6, 6.07) is 8.87. The SMILES string of the molecule is CC1(c2ccccc2)NC(=O)N(CC(=O)NC2C3CC4CC(C3)CC2C4)C1=O. The zero-order valence-electron chi connectivity index (χ0n) is 16.2. The molecule has 4 amide bonds. The molecule has 5 fully saturated rings. The Morgan fingerprint density at radius 2 is 1.68 bits per heavy atom. The summed E-state index contributed by atoms with van der Waals surface area (Å²) in [4.78, 5) is 39.2. The van der Waals surface area contributed by atoms with E-state index in [1.807, 2.05) is 30.3 Å². The molecule has 5 aliphatic rings. The van der Waals surface area contributed by atoms with E-state index in [1.165, 1.54) is 32.1 Å². The first-order chi connectivity index (χ1) is 13.4. The number of amides is 4. The quantitative estimate of drug-likeness (QED) is 0.786. The van der Waals surface area contributed by atoms with Gasteiger partial charge in [0.2, 0.25) is 5.91 Å². The lowest BCUT2D eigenvalue weighted by Crippen LogP contribution is -2.57. The average molecular weight is 381 g/mol. The largest absolute Gasteiger partial charge is 0.351 e. The number of urea groups is 1. The van der Waals surface area contributed by atoms with Crippen molar-refractivity contribution < 1.29 is 14.4 Å². The molecule has 1 aromatic rings. The lowest BCUT2D eigenvalue weighted by molar-refractivity contribution is -0.136. The molecule has 1 atom stereocenters. The second-order valence-corrected chi connectivity index (χ2v) is 9.34. The molecule has 1 heterocycles. The molecular weight excluding hydrogens is 354 g/mol. The molecular formula is C22H27N3O3. The van der Waals surface area contributed by atoms with Crippen LogP contribution in [-0.4, -0.2) is 35.3 Å². The Labute approximate surface area is 165 Å². The van der Waals surface area contributed by atoms with Crippen LogP contribution >= 0.6 is 0 Å². The van der Waals surface area contributed by atoms with Crippen LogP contribution in [0.2, 0.25) is 0 Å². The smallest absolute Gasteiger partial charge is 0.325 e. The van der Waals surface area contributed by atoms with E-state index in [0.717, 1.165) is 22.3 Å². The van der Waals surface area contributed by atoms with Crippen LogP contribution in [0.25, 0.3) is 0 Å². The molecule has 4 aliphatic carbocycles. The lowest BCUT2D eigenvalue weighted by Gasteiger charge is -2.54. The lowest BCUT2D eigenvalue weighted by atomic mass is 9.54. The number of hydrogen-bond acceptors (Lipinski definition) is 3. The molecule has 6 rings (SSSR count). The average Bonchev–Trinajstić information content (AvgIpc) is 2.89. The van der Waals surface area contributed by atoms with Crippen molar-refractivity contribution in [2.45, 2.75) is 50.6 Å². The first-order valence-electron chi connectivity index (χ1n) is 10.4. The minimum Gasteiger partial charge on any atom is -0.351 e. The monoisotopic (exact) mass is 381 g/mol. The standard InChI is InChI=1S/C22H27N3O3/c1-22(17-5-3-2-4-6-17)20(27)25(21(28)24-22)12-18(26)23-19-15-8-13-7-14(10-15)11-16(19)9-13/h2-6,13-16,19H,7-12H2,1H3,(H,23,26)(H,24,28). The van der Waals surface area contributed by atoms with Crippen molar-refractivity contribution in [1.29, 1.82) is 0 Å². The second kappa shape index (κ2) is 6.33. The third-order valence-corrected chi connectivity index (χ3v) is 7.48. The highest BCUT2D eigenvalue weighted by Gasteiger charge is 2.51. The van der Waals surface area contributed by atoms with E-state index in [-0.39, 0.29) is 24.4 Å². The Morgan fingerprint density at radius 1 is 1.07 bits per heavy atom.